The predicted octanol–water partition coefficient (Wildman–Crippen LogP) is 1.15. The van der Waals surface area contributed by atoms with Crippen molar-refractivity contribution in [1.82, 2.24) is 0 Å². The minimum absolute atomic E-state index is 0.0346. The van der Waals surface area contributed by atoms with Crippen molar-refractivity contribution in [3.8, 4) is 11.5 Å². The maximum Gasteiger partial charge on any atom is 0.340 e. The number of benzene rings is 1. The Balaban J connectivity index is 3.35. The average molecular weight is 270 g/mol. The van der Waals surface area contributed by atoms with Crippen molar-refractivity contribution in [2.24, 2.45) is 5.73 Å². The molecule has 0 aliphatic rings. The minimum Gasteiger partial charge on any atom is -0.493 e. The first kappa shape index (κ1) is 14.0. The summed E-state index contributed by atoms with van der Waals surface area (Å²) in [6.07, 6.45) is 0. The number of anilines is 1. The number of carbonyl (C=O) groups excluding carboxylic acids is 1. The fourth-order valence-corrected chi connectivity index (χ4v) is 1.50. The normalized spacial score (nSPS) is 9.50. The Bertz CT molecular complexity index is 476. The Morgan fingerprint density at radius 2 is 1.78 bits per heavy atom. The SMILES string of the molecule is COC(=O)c1cc(OC)c(OC)cc1NC(N)=S. The summed E-state index contributed by atoms with van der Waals surface area (Å²) in [5.41, 5.74) is 6.04. The van der Waals surface area contributed by atoms with E-state index in [1.54, 1.807) is 6.07 Å². The molecule has 98 valence electrons. The van der Waals surface area contributed by atoms with E-state index >= 15 is 0 Å². The highest BCUT2D eigenvalue weighted by Crippen LogP contribution is 2.33. The highest BCUT2D eigenvalue weighted by Gasteiger charge is 2.17. The van der Waals surface area contributed by atoms with Gasteiger partial charge in [-0.1, -0.05) is 0 Å². The van der Waals surface area contributed by atoms with Crippen molar-refractivity contribution < 1.29 is 19.0 Å². The van der Waals surface area contributed by atoms with Gasteiger partial charge in [0.2, 0.25) is 0 Å². The highest BCUT2D eigenvalue weighted by molar-refractivity contribution is 7.80. The van der Waals surface area contributed by atoms with Crippen LogP contribution in [0.3, 0.4) is 0 Å². The molecule has 3 N–H and O–H groups in total. The molecular weight excluding hydrogens is 256 g/mol. The number of nitrogens with two attached hydrogens (primary N) is 1. The monoisotopic (exact) mass is 270 g/mol. The summed E-state index contributed by atoms with van der Waals surface area (Å²) >= 11 is 4.74. The zero-order valence-electron chi connectivity index (χ0n) is 10.3. The molecule has 0 spiro atoms. The molecule has 1 aromatic carbocycles. The van der Waals surface area contributed by atoms with Crippen LogP contribution in [0, 0.1) is 0 Å². The number of methoxy groups -OCH3 is 3. The summed E-state index contributed by atoms with van der Waals surface area (Å²) in [7, 11) is 4.24. The molecule has 0 radical (unpaired) electrons. The number of hydrogen-bond acceptors (Lipinski definition) is 5. The van der Waals surface area contributed by atoms with Crippen LogP contribution in [-0.2, 0) is 4.74 Å². The summed E-state index contributed by atoms with van der Waals surface area (Å²) in [6.45, 7) is 0. The quantitative estimate of drug-likeness (QED) is 0.627. The van der Waals surface area contributed by atoms with Gasteiger partial charge < -0.3 is 25.3 Å². The molecule has 0 aliphatic carbocycles. The zero-order chi connectivity index (χ0) is 13.7. The molecule has 7 heteroatoms. The van der Waals surface area contributed by atoms with Crippen LogP contribution in [0.1, 0.15) is 10.4 Å². The summed E-state index contributed by atoms with van der Waals surface area (Å²) in [4.78, 5) is 11.6. The molecule has 0 bridgehead atoms. The van der Waals surface area contributed by atoms with E-state index < -0.39 is 5.97 Å². The van der Waals surface area contributed by atoms with E-state index in [0.29, 0.717) is 17.2 Å². The molecule has 0 saturated heterocycles. The largest absolute Gasteiger partial charge is 0.493 e. The van der Waals surface area contributed by atoms with E-state index in [1.165, 1.54) is 27.4 Å². The third kappa shape index (κ3) is 3.01. The van der Waals surface area contributed by atoms with E-state index in [1.807, 2.05) is 0 Å². The maximum absolute atomic E-state index is 11.6. The van der Waals surface area contributed by atoms with Crippen LogP contribution in [0.5, 0.6) is 11.5 Å². The average Bonchev–Trinajstić information content (AvgIpc) is 2.36. The Morgan fingerprint density at radius 1 is 1.22 bits per heavy atom. The first-order valence-electron chi connectivity index (χ1n) is 4.94. The Morgan fingerprint density at radius 3 is 2.22 bits per heavy atom. The molecule has 0 aromatic heterocycles. The smallest absolute Gasteiger partial charge is 0.340 e. The number of rotatable bonds is 4. The van der Waals surface area contributed by atoms with Gasteiger partial charge >= 0.3 is 5.97 Å². The second kappa shape index (κ2) is 6.06. The van der Waals surface area contributed by atoms with Crippen molar-refractivity contribution in [3.63, 3.8) is 0 Å². The first-order valence-corrected chi connectivity index (χ1v) is 5.35. The molecule has 0 amide bonds. The van der Waals surface area contributed by atoms with E-state index in [2.05, 4.69) is 10.1 Å². The van der Waals surface area contributed by atoms with Gasteiger partial charge in [-0.25, -0.2) is 4.79 Å². The minimum atomic E-state index is -0.533. The fraction of sp³-hybridized carbons (Fsp3) is 0.273. The highest BCUT2D eigenvalue weighted by atomic mass is 32.1. The molecule has 0 fully saturated rings. The van der Waals surface area contributed by atoms with E-state index in [0.717, 1.165) is 0 Å². The molecule has 0 atom stereocenters. The number of nitrogens with one attached hydrogen (secondary N) is 1. The lowest BCUT2D eigenvalue weighted by molar-refractivity contribution is 0.0601. The van der Waals surface area contributed by atoms with Crippen molar-refractivity contribution in [3.05, 3.63) is 17.7 Å². The molecule has 0 heterocycles. The lowest BCUT2D eigenvalue weighted by Gasteiger charge is -2.14. The van der Waals surface area contributed by atoms with Gasteiger partial charge in [0.25, 0.3) is 0 Å². The van der Waals surface area contributed by atoms with Crippen molar-refractivity contribution >= 4 is 29.0 Å². The van der Waals surface area contributed by atoms with Crippen LogP contribution in [0.25, 0.3) is 0 Å². The van der Waals surface area contributed by atoms with Crippen LogP contribution in [0.2, 0.25) is 0 Å². The molecule has 0 saturated carbocycles. The summed E-state index contributed by atoms with van der Waals surface area (Å²) in [6, 6.07) is 3.05. The number of ether oxygens (including phenoxy) is 3. The number of hydrogen-bond donors (Lipinski definition) is 2. The maximum atomic E-state index is 11.6. The van der Waals surface area contributed by atoms with Gasteiger partial charge in [0.15, 0.2) is 16.6 Å². The summed E-state index contributed by atoms with van der Waals surface area (Å²) in [5, 5.41) is 2.72. The molecule has 0 aliphatic heterocycles. The van der Waals surface area contributed by atoms with E-state index in [9.17, 15) is 4.79 Å². The molecular formula is C11H14N2O4S. The Hall–Kier alpha value is -2.02. The predicted molar refractivity (Wildman–Crippen MR) is 71.3 cm³/mol. The van der Waals surface area contributed by atoms with Crippen LogP contribution in [-0.4, -0.2) is 32.4 Å². The molecule has 6 nitrogen and oxygen atoms in total. The lowest BCUT2D eigenvalue weighted by atomic mass is 10.1. The first-order chi connectivity index (χ1) is 8.53. The number of thiocarbonyl (C=S) groups is 1. The van der Waals surface area contributed by atoms with Gasteiger partial charge in [-0.3, -0.25) is 0 Å². The van der Waals surface area contributed by atoms with Crippen molar-refractivity contribution in [2.75, 3.05) is 26.6 Å². The second-order valence-electron chi connectivity index (χ2n) is 3.23. The van der Waals surface area contributed by atoms with E-state index in [4.69, 9.17) is 27.4 Å². The van der Waals surface area contributed by atoms with Crippen LogP contribution in [0.15, 0.2) is 12.1 Å². The van der Waals surface area contributed by atoms with Crippen LogP contribution < -0.4 is 20.5 Å². The van der Waals surface area contributed by atoms with Gasteiger partial charge in [-0.05, 0) is 12.2 Å². The Kier molecular flexibility index (Phi) is 4.73. The summed E-state index contributed by atoms with van der Waals surface area (Å²) in [5.74, 6) is 0.324. The Labute approximate surface area is 110 Å². The standard InChI is InChI=1S/C11H14N2O4S/c1-15-8-4-6(10(14)17-3)7(13-11(12)18)5-9(8)16-2/h4-5H,1-3H3,(H3,12,13,18). The second-order valence-corrected chi connectivity index (χ2v) is 3.67. The lowest BCUT2D eigenvalue weighted by Crippen LogP contribution is -2.21. The summed E-state index contributed by atoms with van der Waals surface area (Å²) < 4.78 is 14.9. The van der Waals surface area contributed by atoms with Gasteiger partial charge in [-0.15, -0.1) is 0 Å². The van der Waals surface area contributed by atoms with Crippen molar-refractivity contribution in [2.45, 2.75) is 0 Å². The molecule has 0 unspecified atom stereocenters. The molecule has 18 heavy (non-hydrogen) atoms. The van der Waals surface area contributed by atoms with Gasteiger partial charge in [0.1, 0.15) is 0 Å². The number of carbonyl (C=O) groups is 1. The molecule has 1 aromatic rings. The van der Waals surface area contributed by atoms with Crippen LogP contribution in [0.4, 0.5) is 5.69 Å². The topological polar surface area (TPSA) is 82.8 Å². The molecule has 1 rings (SSSR count). The fourth-order valence-electron chi connectivity index (χ4n) is 1.39. The number of esters is 1. The zero-order valence-corrected chi connectivity index (χ0v) is 11.1. The van der Waals surface area contributed by atoms with Gasteiger partial charge in [-0.2, -0.15) is 0 Å². The van der Waals surface area contributed by atoms with Gasteiger partial charge in [0, 0.05) is 12.1 Å². The van der Waals surface area contributed by atoms with Gasteiger partial charge in [0.05, 0.1) is 32.6 Å². The third-order valence-electron chi connectivity index (χ3n) is 2.19. The van der Waals surface area contributed by atoms with Crippen LogP contribution >= 0.6 is 12.2 Å². The van der Waals surface area contributed by atoms with Crippen molar-refractivity contribution in [1.29, 1.82) is 0 Å². The van der Waals surface area contributed by atoms with E-state index in [-0.39, 0.29) is 10.7 Å². The third-order valence-corrected chi connectivity index (χ3v) is 2.29.